The SMILES string of the molecule is O=S(=O)(c1cccnc1)N1CC[C@H](c2nc(-c3ccccc3)no2)C1. The number of hydrogen-bond acceptors (Lipinski definition) is 6. The van der Waals surface area contributed by atoms with Crippen LogP contribution >= 0.6 is 0 Å². The summed E-state index contributed by atoms with van der Waals surface area (Å²) in [6, 6.07) is 12.7. The van der Waals surface area contributed by atoms with Crippen LogP contribution in [-0.4, -0.2) is 40.9 Å². The zero-order chi connectivity index (χ0) is 17.3. The third-order valence-corrected chi connectivity index (χ3v) is 6.09. The highest BCUT2D eigenvalue weighted by Crippen LogP contribution is 2.31. The first kappa shape index (κ1) is 15.9. The average molecular weight is 356 g/mol. The molecule has 4 rings (SSSR count). The molecule has 3 aromatic rings. The summed E-state index contributed by atoms with van der Waals surface area (Å²) in [5.74, 6) is 0.892. The van der Waals surface area contributed by atoms with Crippen LogP contribution in [0.1, 0.15) is 18.2 Å². The maximum absolute atomic E-state index is 12.7. The molecule has 0 aliphatic carbocycles. The Balaban J connectivity index is 1.53. The van der Waals surface area contributed by atoms with E-state index in [0.29, 0.717) is 31.2 Å². The Labute approximate surface area is 145 Å². The Morgan fingerprint density at radius 3 is 2.72 bits per heavy atom. The molecule has 1 aliphatic heterocycles. The van der Waals surface area contributed by atoms with Crippen molar-refractivity contribution in [1.82, 2.24) is 19.4 Å². The Bertz CT molecular complexity index is 958. The minimum atomic E-state index is -3.54. The van der Waals surface area contributed by atoms with E-state index in [0.717, 1.165) is 5.56 Å². The lowest BCUT2D eigenvalue weighted by molar-refractivity contribution is 0.354. The maximum Gasteiger partial charge on any atom is 0.244 e. The summed E-state index contributed by atoms with van der Waals surface area (Å²) in [5.41, 5.74) is 0.871. The Morgan fingerprint density at radius 2 is 1.96 bits per heavy atom. The number of benzene rings is 1. The quantitative estimate of drug-likeness (QED) is 0.713. The first-order chi connectivity index (χ1) is 12.1. The van der Waals surface area contributed by atoms with Crippen LogP contribution in [0, 0.1) is 0 Å². The van der Waals surface area contributed by atoms with Gasteiger partial charge in [-0.05, 0) is 18.6 Å². The molecule has 0 N–H and O–H groups in total. The van der Waals surface area contributed by atoms with E-state index < -0.39 is 10.0 Å². The fourth-order valence-corrected chi connectivity index (χ4v) is 4.37. The van der Waals surface area contributed by atoms with Gasteiger partial charge in [0.2, 0.25) is 21.7 Å². The van der Waals surface area contributed by atoms with Crippen molar-refractivity contribution in [1.29, 1.82) is 0 Å². The molecule has 0 unspecified atom stereocenters. The van der Waals surface area contributed by atoms with E-state index in [2.05, 4.69) is 15.1 Å². The van der Waals surface area contributed by atoms with Crippen molar-refractivity contribution in [3.8, 4) is 11.4 Å². The molecule has 0 amide bonds. The van der Waals surface area contributed by atoms with Gasteiger partial charge in [-0.15, -0.1) is 0 Å². The number of aromatic nitrogens is 3. The first-order valence-electron chi connectivity index (χ1n) is 7.94. The molecule has 8 heteroatoms. The van der Waals surface area contributed by atoms with Crippen LogP contribution in [0.3, 0.4) is 0 Å². The van der Waals surface area contributed by atoms with Gasteiger partial charge in [0, 0.05) is 31.0 Å². The zero-order valence-corrected chi connectivity index (χ0v) is 14.1. The average Bonchev–Trinajstić information content (AvgIpc) is 3.33. The molecule has 1 atom stereocenters. The van der Waals surface area contributed by atoms with E-state index in [1.54, 1.807) is 18.3 Å². The van der Waals surface area contributed by atoms with Crippen LogP contribution in [0.2, 0.25) is 0 Å². The normalized spacial score (nSPS) is 18.5. The summed E-state index contributed by atoms with van der Waals surface area (Å²) >= 11 is 0. The lowest BCUT2D eigenvalue weighted by Crippen LogP contribution is -2.28. The van der Waals surface area contributed by atoms with E-state index in [1.807, 2.05) is 30.3 Å². The van der Waals surface area contributed by atoms with Gasteiger partial charge in [0.25, 0.3) is 0 Å². The molecule has 7 nitrogen and oxygen atoms in total. The largest absolute Gasteiger partial charge is 0.339 e. The lowest BCUT2D eigenvalue weighted by atomic mass is 10.1. The topological polar surface area (TPSA) is 89.2 Å². The summed E-state index contributed by atoms with van der Waals surface area (Å²) in [6.07, 6.45) is 3.56. The molecule has 0 spiro atoms. The molecule has 3 heterocycles. The van der Waals surface area contributed by atoms with Crippen LogP contribution in [0.25, 0.3) is 11.4 Å². The third-order valence-electron chi connectivity index (χ3n) is 4.25. The van der Waals surface area contributed by atoms with Crippen molar-refractivity contribution in [2.24, 2.45) is 0 Å². The van der Waals surface area contributed by atoms with E-state index in [9.17, 15) is 8.42 Å². The fourth-order valence-electron chi connectivity index (χ4n) is 2.90. The molecule has 1 fully saturated rings. The van der Waals surface area contributed by atoms with E-state index in [1.165, 1.54) is 10.5 Å². The number of sulfonamides is 1. The predicted octanol–water partition coefficient (Wildman–Crippen LogP) is 2.31. The molecule has 0 saturated carbocycles. The van der Waals surface area contributed by atoms with Crippen molar-refractivity contribution in [2.45, 2.75) is 17.2 Å². The van der Waals surface area contributed by atoms with Gasteiger partial charge in [-0.25, -0.2) is 8.42 Å². The minimum absolute atomic E-state index is 0.101. The number of nitrogens with zero attached hydrogens (tertiary/aromatic N) is 4. The highest BCUT2D eigenvalue weighted by atomic mass is 32.2. The Morgan fingerprint density at radius 1 is 1.12 bits per heavy atom. The zero-order valence-electron chi connectivity index (χ0n) is 13.3. The maximum atomic E-state index is 12.7. The molecule has 128 valence electrons. The monoisotopic (exact) mass is 356 g/mol. The van der Waals surface area contributed by atoms with Crippen molar-refractivity contribution in [2.75, 3.05) is 13.1 Å². The summed E-state index contributed by atoms with van der Waals surface area (Å²) in [4.78, 5) is 8.53. The Kier molecular flexibility index (Phi) is 4.06. The fraction of sp³-hybridized carbons (Fsp3) is 0.235. The van der Waals surface area contributed by atoms with Gasteiger partial charge in [-0.2, -0.15) is 9.29 Å². The van der Waals surface area contributed by atoms with E-state index >= 15 is 0 Å². The van der Waals surface area contributed by atoms with Crippen molar-refractivity contribution < 1.29 is 12.9 Å². The summed E-state index contributed by atoms with van der Waals surface area (Å²) in [7, 11) is -3.54. The van der Waals surface area contributed by atoms with Crippen LogP contribution in [-0.2, 0) is 10.0 Å². The predicted molar refractivity (Wildman–Crippen MR) is 90.1 cm³/mol. The van der Waals surface area contributed by atoms with E-state index in [-0.39, 0.29) is 10.8 Å². The highest BCUT2D eigenvalue weighted by molar-refractivity contribution is 7.89. The molecule has 1 aliphatic rings. The summed E-state index contributed by atoms with van der Waals surface area (Å²) < 4.78 is 32.1. The molecule has 1 aromatic carbocycles. The second-order valence-electron chi connectivity index (χ2n) is 5.86. The van der Waals surface area contributed by atoms with Gasteiger partial charge in [0.05, 0.1) is 5.92 Å². The number of rotatable bonds is 4. The molecule has 0 radical (unpaired) electrons. The van der Waals surface area contributed by atoms with Crippen LogP contribution in [0.15, 0.2) is 64.3 Å². The van der Waals surface area contributed by atoms with Gasteiger partial charge in [0.1, 0.15) is 4.90 Å². The Hall–Kier alpha value is -2.58. The second-order valence-corrected chi connectivity index (χ2v) is 7.80. The second kappa shape index (κ2) is 6.38. The highest BCUT2D eigenvalue weighted by Gasteiger charge is 2.35. The van der Waals surface area contributed by atoms with Crippen LogP contribution in [0.4, 0.5) is 0 Å². The molecular weight excluding hydrogens is 340 g/mol. The van der Waals surface area contributed by atoms with Gasteiger partial charge in [-0.1, -0.05) is 35.5 Å². The van der Waals surface area contributed by atoms with E-state index in [4.69, 9.17) is 4.52 Å². The number of pyridine rings is 1. The molecular formula is C17H16N4O3S. The molecule has 25 heavy (non-hydrogen) atoms. The van der Waals surface area contributed by atoms with Crippen LogP contribution < -0.4 is 0 Å². The molecule has 2 aromatic heterocycles. The molecule has 0 bridgehead atoms. The van der Waals surface area contributed by atoms with Crippen molar-refractivity contribution in [3.05, 3.63) is 60.7 Å². The smallest absolute Gasteiger partial charge is 0.244 e. The number of hydrogen-bond donors (Lipinski definition) is 0. The van der Waals surface area contributed by atoms with Crippen molar-refractivity contribution in [3.63, 3.8) is 0 Å². The minimum Gasteiger partial charge on any atom is -0.339 e. The first-order valence-corrected chi connectivity index (χ1v) is 9.38. The standard InChI is InChI=1S/C17H16N4O3S/c22-25(23,15-7-4-9-18-11-15)21-10-8-14(12-21)17-19-16(20-24-17)13-5-2-1-3-6-13/h1-7,9,11,14H,8,10,12H2/t14-/m0/s1. The molecule has 1 saturated heterocycles. The van der Waals surface area contributed by atoms with Crippen molar-refractivity contribution >= 4 is 10.0 Å². The van der Waals surface area contributed by atoms with Gasteiger partial charge in [0.15, 0.2) is 0 Å². The van der Waals surface area contributed by atoms with Crippen LogP contribution in [0.5, 0.6) is 0 Å². The third kappa shape index (κ3) is 3.06. The lowest BCUT2D eigenvalue weighted by Gasteiger charge is -2.15. The van der Waals surface area contributed by atoms with Gasteiger partial charge < -0.3 is 4.52 Å². The summed E-state index contributed by atoms with van der Waals surface area (Å²) in [6.45, 7) is 0.749. The van der Waals surface area contributed by atoms with Gasteiger partial charge in [-0.3, -0.25) is 4.98 Å². The summed E-state index contributed by atoms with van der Waals surface area (Å²) in [5, 5.41) is 4.01. The van der Waals surface area contributed by atoms with Gasteiger partial charge >= 0.3 is 0 Å².